The Morgan fingerprint density at radius 3 is 2.30 bits per heavy atom. The number of nitrogens with one attached hydrogen (secondary N) is 1. The van der Waals surface area contributed by atoms with Gasteiger partial charge in [0.25, 0.3) is 0 Å². The minimum atomic E-state index is 0.477. The molecule has 0 radical (unpaired) electrons. The normalized spacial score (nSPS) is 30.0. The van der Waals surface area contributed by atoms with Crippen LogP contribution in [0, 0.1) is 5.92 Å². The number of rotatable bonds is 11. The second-order valence-electron chi connectivity index (χ2n) is 6.81. The quantitative estimate of drug-likeness (QED) is 0.343. The van der Waals surface area contributed by atoms with Gasteiger partial charge in [0.05, 0.1) is 12.2 Å². The van der Waals surface area contributed by atoms with E-state index in [1.54, 1.807) is 0 Å². The Hall–Kier alpha value is -0.120. The van der Waals surface area contributed by atoms with E-state index in [-0.39, 0.29) is 0 Å². The van der Waals surface area contributed by atoms with Crippen LogP contribution in [0.1, 0.15) is 84.0 Å². The highest BCUT2D eigenvalue weighted by Crippen LogP contribution is 2.41. The number of hydrogen-bond donors (Lipinski definition) is 2. The zero-order valence-electron chi connectivity index (χ0n) is 13.3. The van der Waals surface area contributed by atoms with Crippen LogP contribution >= 0.6 is 0 Å². The molecule has 0 aromatic rings. The van der Waals surface area contributed by atoms with E-state index in [9.17, 15) is 0 Å². The molecule has 2 saturated heterocycles. The van der Waals surface area contributed by atoms with E-state index < -0.39 is 0 Å². The highest BCUT2D eigenvalue weighted by molar-refractivity contribution is 4.94. The molecule has 20 heavy (non-hydrogen) atoms. The summed E-state index contributed by atoms with van der Waals surface area (Å²) in [5.41, 5.74) is 3.07. The van der Waals surface area contributed by atoms with Crippen molar-refractivity contribution < 1.29 is 4.74 Å². The van der Waals surface area contributed by atoms with Crippen LogP contribution in [0.4, 0.5) is 0 Å². The molecule has 0 aromatic carbocycles. The van der Waals surface area contributed by atoms with Gasteiger partial charge in [-0.15, -0.1) is 0 Å². The molecule has 0 amide bonds. The van der Waals surface area contributed by atoms with Gasteiger partial charge in [0.2, 0.25) is 0 Å². The molecule has 2 aliphatic heterocycles. The second-order valence-corrected chi connectivity index (χ2v) is 6.81. The van der Waals surface area contributed by atoms with Gasteiger partial charge in [0, 0.05) is 12.0 Å². The molecule has 3 nitrogen and oxygen atoms in total. The molecule has 2 bridgehead atoms. The van der Waals surface area contributed by atoms with Crippen molar-refractivity contribution in [2.75, 3.05) is 0 Å². The van der Waals surface area contributed by atoms with Crippen LogP contribution in [0.25, 0.3) is 0 Å². The van der Waals surface area contributed by atoms with Gasteiger partial charge in [-0.25, -0.2) is 0 Å². The average molecular weight is 282 g/mol. The van der Waals surface area contributed by atoms with Crippen LogP contribution < -0.4 is 11.3 Å². The van der Waals surface area contributed by atoms with Gasteiger partial charge in [-0.2, -0.15) is 0 Å². The summed E-state index contributed by atoms with van der Waals surface area (Å²) in [5, 5.41) is 0. The van der Waals surface area contributed by atoms with Crippen molar-refractivity contribution in [1.82, 2.24) is 5.43 Å². The lowest BCUT2D eigenvalue weighted by molar-refractivity contribution is 0.0847. The van der Waals surface area contributed by atoms with Gasteiger partial charge in [-0.05, 0) is 25.7 Å². The maximum Gasteiger partial charge on any atom is 0.0624 e. The SMILES string of the molecule is CCCCCCCCCCC(NN)C1CC2CCC1O2. The Morgan fingerprint density at radius 1 is 1.05 bits per heavy atom. The fraction of sp³-hybridized carbons (Fsp3) is 1.00. The molecule has 4 unspecified atom stereocenters. The maximum atomic E-state index is 5.95. The molecule has 2 aliphatic rings. The summed E-state index contributed by atoms with van der Waals surface area (Å²) in [4.78, 5) is 0. The highest BCUT2D eigenvalue weighted by atomic mass is 16.5. The third-order valence-corrected chi connectivity index (χ3v) is 5.25. The fourth-order valence-electron chi connectivity index (χ4n) is 4.02. The van der Waals surface area contributed by atoms with Crippen molar-refractivity contribution in [2.24, 2.45) is 11.8 Å². The maximum absolute atomic E-state index is 5.95. The smallest absolute Gasteiger partial charge is 0.0624 e. The van der Waals surface area contributed by atoms with Crippen LogP contribution in [0.2, 0.25) is 0 Å². The van der Waals surface area contributed by atoms with E-state index in [4.69, 9.17) is 10.6 Å². The first kappa shape index (κ1) is 16.3. The minimum Gasteiger partial charge on any atom is -0.375 e. The molecule has 2 rings (SSSR count). The summed E-state index contributed by atoms with van der Waals surface area (Å²) in [7, 11) is 0. The Bertz CT molecular complexity index is 259. The van der Waals surface area contributed by atoms with Gasteiger partial charge in [-0.3, -0.25) is 11.3 Å². The van der Waals surface area contributed by atoms with E-state index in [1.165, 1.54) is 77.0 Å². The second kappa shape index (κ2) is 9.01. The van der Waals surface area contributed by atoms with Crippen LogP contribution in [-0.2, 0) is 4.74 Å². The third-order valence-electron chi connectivity index (χ3n) is 5.25. The zero-order valence-corrected chi connectivity index (χ0v) is 13.3. The van der Waals surface area contributed by atoms with Crippen molar-refractivity contribution in [3.05, 3.63) is 0 Å². The predicted octanol–water partition coefficient (Wildman–Crippen LogP) is 3.92. The fourth-order valence-corrected chi connectivity index (χ4v) is 4.02. The Kier molecular flexibility index (Phi) is 7.32. The molecular formula is C17H34N2O. The topological polar surface area (TPSA) is 47.3 Å². The van der Waals surface area contributed by atoms with Gasteiger partial charge in [-0.1, -0.05) is 58.3 Å². The Balaban J connectivity index is 1.51. The van der Waals surface area contributed by atoms with Crippen molar-refractivity contribution in [3.8, 4) is 0 Å². The molecule has 2 heterocycles. The van der Waals surface area contributed by atoms with E-state index in [2.05, 4.69) is 12.3 Å². The summed E-state index contributed by atoms with van der Waals surface area (Å²) < 4.78 is 5.95. The number of fused-ring (bicyclic) bond motifs is 2. The summed E-state index contributed by atoms with van der Waals surface area (Å²) in [6.07, 6.45) is 17.1. The third kappa shape index (κ3) is 4.71. The molecule has 3 heteroatoms. The highest BCUT2D eigenvalue weighted by Gasteiger charge is 2.43. The summed E-state index contributed by atoms with van der Waals surface area (Å²) in [5.74, 6) is 6.44. The molecule has 3 N–H and O–H groups in total. The largest absolute Gasteiger partial charge is 0.375 e. The number of hydrazine groups is 1. The zero-order chi connectivity index (χ0) is 14.2. The summed E-state index contributed by atoms with van der Waals surface area (Å²) in [6.45, 7) is 2.28. The van der Waals surface area contributed by atoms with Gasteiger partial charge in [0.15, 0.2) is 0 Å². The van der Waals surface area contributed by atoms with E-state index in [0.717, 1.165) is 0 Å². The Labute approximate surface area is 125 Å². The Morgan fingerprint density at radius 2 is 1.75 bits per heavy atom. The number of hydrogen-bond acceptors (Lipinski definition) is 3. The molecular weight excluding hydrogens is 248 g/mol. The van der Waals surface area contributed by atoms with E-state index >= 15 is 0 Å². The molecule has 0 aliphatic carbocycles. The first-order chi connectivity index (χ1) is 9.85. The first-order valence-electron chi connectivity index (χ1n) is 8.96. The standard InChI is InChI=1S/C17H34N2O/c1-2-3-4-5-6-7-8-9-10-16(19-18)15-13-14-11-12-17(15)20-14/h14-17,19H,2-13,18H2,1H3. The van der Waals surface area contributed by atoms with Crippen molar-refractivity contribution in [3.63, 3.8) is 0 Å². The van der Waals surface area contributed by atoms with Gasteiger partial charge in [0.1, 0.15) is 0 Å². The van der Waals surface area contributed by atoms with Crippen LogP contribution in [0.15, 0.2) is 0 Å². The van der Waals surface area contributed by atoms with Gasteiger partial charge < -0.3 is 4.74 Å². The summed E-state index contributed by atoms with van der Waals surface area (Å²) in [6, 6.07) is 0.477. The first-order valence-corrected chi connectivity index (χ1v) is 8.96. The number of nitrogens with two attached hydrogens (primary N) is 1. The molecule has 0 spiro atoms. The lowest BCUT2D eigenvalue weighted by atomic mass is 9.82. The van der Waals surface area contributed by atoms with Crippen LogP contribution in [0.3, 0.4) is 0 Å². The van der Waals surface area contributed by atoms with Crippen molar-refractivity contribution in [1.29, 1.82) is 0 Å². The molecule has 0 saturated carbocycles. The van der Waals surface area contributed by atoms with Crippen LogP contribution in [-0.4, -0.2) is 18.2 Å². The summed E-state index contributed by atoms with van der Waals surface area (Å²) >= 11 is 0. The van der Waals surface area contributed by atoms with Crippen molar-refractivity contribution >= 4 is 0 Å². The number of ether oxygens (including phenoxy) is 1. The van der Waals surface area contributed by atoms with Gasteiger partial charge >= 0.3 is 0 Å². The molecule has 2 fully saturated rings. The van der Waals surface area contributed by atoms with Crippen LogP contribution in [0.5, 0.6) is 0 Å². The number of unbranched alkanes of at least 4 members (excludes halogenated alkanes) is 7. The monoisotopic (exact) mass is 282 g/mol. The molecule has 4 atom stereocenters. The van der Waals surface area contributed by atoms with E-state index in [1.807, 2.05) is 0 Å². The minimum absolute atomic E-state index is 0.477. The van der Waals surface area contributed by atoms with Crippen molar-refractivity contribution in [2.45, 2.75) is 102 Å². The molecule has 118 valence electrons. The molecule has 0 aromatic heterocycles. The van der Waals surface area contributed by atoms with E-state index in [0.29, 0.717) is 24.2 Å². The lowest BCUT2D eigenvalue weighted by Gasteiger charge is -2.27. The lowest BCUT2D eigenvalue weighted by Crippen LogP contribution is -2.44. The predicted molar refractivity (Wildman–Crippen MR) is 84.3 cm³/mol. The average Bonchev–Trinajstić information content (AvgIpc) is 3.08.